The maximum absolute atomic E-state index is 12.8. The molecule has 24 heavy (non-hydrogen) atoms. The van der Waals surface area contributed by atoms with Gasteiger partial charge in [-0.25, -0.2) is 4.57 Å². The van der Waals surface area contributed by atoms with E-state index in [2.05, 4.69) is 6.07 Å². The first kappa shape index (κ1) is 17.2. The van der Waals surface area contributed by atoms with E-state index in [0.717, 1.165) is 30.4 Å². The summed E-state index contributed by atoms with van der Waals surface area (Å²) in [5.41, 5.74) is 4.55. The van der Waals surface area contributed by atoms with Gasteiger partial charge in [0.05, 0.1) is 13.2 Å². The molecule has 0 saturated carbocycles. The minimum Gasteiger partial charge on any atom is -0.403 e. The quantitative estimate of drug-likeness (QED) is 0.630. The zero-order valence-corrected chi connectivity index (χ0v) is 15.1. The van der Waals surface area contributed by atoms with E-state index in [9.17, 15) is 4.57 Å². The van der Waals surface area contributed by atoms with Gasteiger partial charge in [0, 0.05) is 5.56 Å². The monoisotopic (exact) mass is 346 g/mol. The molecule has 0 atom stereocenters. The van der Waals surface area contributed by atoms with Gasteiger partial charge in [0.2, 0.25) is 0 Å². The lowest BCUT2D eigenvalue weighted by molar-refractivity contribution is 0.167. The molecule has 0 N–H and O–H groups in total. The Hall–Kier alpha value is -1.61. The lowest BCUT2D eigenvalue weighted by Crippen LogP contribution is -2.04. The Labute approximate surface area is 143 Å². The van der Waals surface area contributed by atoms with Gasteiger partial charge in [0.15, 0.2) is 0 Å². The van der Waals surface area contributed by atoms with Crippen LogP contribution in [-0.4, -0.2) is 13.2 Å². The Morgan fingerprint density at radius 3 is 2.21 bits per heavy atom. The number of rotatable bonds is 7. The first-order chi connectivity index (χ1) is 11.6. The first-order valence-corrected chi connectivity index (χ1v) is 9.91. The normalized spacial score (nSPS) is 13.8. The minimum absolute atomic E-state index is 0.267. The van der Waals surface area contributed by atoms with E-state index >= 15 is 0 Å². The molecule has 2 aromatic carbocycles. The van der Waals surface area contributed by atoms with Crippen LogP contribution in [0, 0.1) is 0 Å². The summed E-state index contributed by atoms with van der Waals surface area (Å²) in [6.45, 7) is 4.08. The Bertz CT molecular complexity index is 733. The SMILES string of the molecule is CCOP(=O)(OCC)Oc1cc2c(cc1-c1ccccc1)CCC2. The van der Waals surface area contributed by atoms with Crippen molar-refractivity contribution in [1.82, 2.24) is 0 Å². The highest BCUT2D eigenvalue weighted by atomic mass is 31.2. The molecular weight excluding hydrogens is 323 g/mol. The van der Waals surface area contributed by atoms with Crippen molar-refractivity contribution in [3.8, 4) is 16.9 Å². The Balaban J connectivity index is 2.04. The second-order valence-electron chi connectivity index (χ2n) is 5.71. The van der Waals surface area contributed by atoms with Crippen molar-refractivity contribution in [2.24, 2.45) is 0 Å². The molecule has 0 bridgehead atoms. The molecule has 128 valence electrons. The molecule has 0 fully saturated rings. The van der Waals surface area contributed by atoms with Gasteiger partial charge in [-0.05, 0) is 61.9 Å². The summed E-state index contributed by atoms with van der Waals surface area (Å²) in [5, 5.41) is 0. The number of hydrogen-bond acceptors (Lipinski definition) is 4. The van der Waals surface area contributed by atoms with Gasteiger partial charge in [0.25, 0.3) is 0 Å². The second kappa shape index (κ2) is 7.52. The molecule has 0 amide bonds. The topological polar surface area (TPSA) is 44.8 Å². The van der Waals surface area contributed by atoms with Crippen molar-refractivity contribution in [3.05, 3.63) is 53.6 Å². The standard InChI is InChI=1S/C19H23O4P/c1-3-21-24(20,22-4-2)23-19-14-17-12-8-11-16(17)13-18(19)15-9-6-5-7-10-15/h5-7,9-10,13-14H,3-4,8,11-12H2,1-2H3. The maximum Gasteiger partial charge on any atom is 0.530 e. The van der Waals surface area contributed by atoms with Crippen molar-refractivity contribution >= 4 is 7.82 Å². The van der Waals surface area contributed by atoms with Crippen LogP contribution >= 0.6 is 7.82 Å². The largest absolute Gasteiger partial charge is 0.530 e. The zero-order valence-electron chi connectivity index (χ0n) is 14.2. The van der Waals surface area contributed by atoms with Crippen LogP contribution in [-0.2, 0) is 26.5 Å². The third-order valence-electron chi connectivity index (χ3n) is 4.06. The molecule has 0 spiro atoms. The lowest BCUT2D eigenvalue weighted by Gasteiger charge is -2.20. The molecular formula is C19H23O4P. The van der Waals surface area contributed by atoms with Crippen LogP contribution in [0.5, 0.6) is 5.75 Å². The van der Waals surface area contributed by atoms with E-state index in [1.165, 1.54) is 11.1 Å². The van der Waals surface area contributed by atoms with E-state index in [4.69, 9.17) is 13.6 Å². The predicted octanol–water partition coefficient (Wildman–Crippen LogP) is 5.40. The van der Waals surface area contributed by atoms with Crippen LogP contribution in [0.4, 0.5) is 0 Å². The molecule has 0 heterocycles. The predicted molar refractivity (Wildman–Crippen MR) is 95.4 cm³/mol. The molecule has 2 aromatic rings. The van der Waals surface area contributed by atoms with Gasteiger partial charge in [-0.2, -0.15) is 0 Å². The average molecular weight is 346 g/mol. The van der Waals surface area contributed by atoms with Gasteiger partial charge in [0.1, 0.15) is 5.75 Å². The Morgan fingerprint density at radius 2 is 1.58 bits per heavy atom. The third-order valence-corrected chi connectivity index (χ3v) is 5.63. The van der Waals surface area contributed by atoms with Gasteiger partial charge >= 0.3 is 7.82 Å². The summed E-state index contributed by atoms with van der Waals surface area (Å²) in [4.78, 5) is 0. The molecule has 5 heteroatoms. The number of phosphoric ester groups is 1. The van der Waals surface area contributed by atoms with Crippen LogP contribution in [0.15, 0.2) is 42.5 Å². The van der Waals surface area contributed by atoms with E-state index in [-0.39, 0.29) is 13.2 Å². The van der Waals surface area contributed by atoms with Gasteiger partial charge in [-0.15, -0.1) is 0 Å². The van der Waals surface area contributed by atoms with E-state index in [1.807, 2.05) is 36.4 Å². The molecule has 0 aromatic heterocycles. The fraction of sp³-hybridized carbons (Fsp3) is 0.368. The zero-order chi connectivity index (χ0) is 17.0. The van der Waals surface area contributed by atoms with Crippen LogP contribution in [0.25, 0.3) is 11.1 Å². The number of hydrogen-bond donors (Lipinski definition) is 0. The number of benzene rings is 2. The first-order valence-electron chi connectivity index (χ1n) is 8.45. The molecule has 4 nitrogen and oxygen atoms in total. The lowest BCUT2D eigenvalue weighted by atomic mass is 9.99. The second-order valence-corrected chi connectivity index (χ2v) is 7.30. The molecule has 0 radical (unpaired) electrons. The molecule has 1 aliphatic carbocycles. The fourth-order valence-electron chi connectivity index (χ4n) is 3.05. The number of fused-ring (bicyclic) bond motifs is 1. The highest BCUT2D eigenvalue weighted by molar-refractivity contribution is 7.48. The van der Waals surface area contributed by atoms with Gasteiger partial charge in [-0.1, -0.05) is 30.3 Å². The van der Waals surface area contributed by atoms with Crippen molar-refractivity contribution in [2.45, 2.75) is 33.1 Å². The third kappa shape index (κ3) is 3.72. The molecule has 3 rings (SSSR count). The highest BCUT2D eigenvalue weighted by Gasteiger charge is 2.29. The summed E-state index contributed by atoms with van der Waals surface area (Å²) >= 11 is 0. The van der Waals surface area contributed by atoms with E-state index in [1.54, 1.807) is 13.8 Å². The van der Waals surface area contributed by atoms with Crippen molar-refractivity contribution in [1.29, 1.82) is 0 Å². The van der Waals surface area contributed by atoms with Gasteiger partial charge < -0.3 is 4.52 Å². The number of aryl methyl sites for hydroxylation is 2. The van der Waals surface area contributed by atoms with Gasteiger partial charge in [-0.3, -0.25) is 9.05 Å². The fourth-order valence-corrected chi connectivity index (χ4v) is 4.25. The number of phosphoric acid groups is 1. The van der Waals surface area contributed by atoms with E-state index in [0.29, 0.717) is 5.75 Å². The van der Waals surface area contributed by atoms with Crippen molar-refractivity contribution < 1.29 is 18.1 Å². The van der Waals surface area contributed by atoms with Crippen molar-refractivity contribution in [2.75, 3.05) is 13.2 Å². The molecule has 0 aliphatic heterocycles. The average Bonchev–Trinajstić information content (AvgIpc) is 3.02. The highest BCUT2D eigenvalue weighted by Crippen LogP contribution is 2.52. The van der Waals surface area contributed by atoms with Crippen LogP contribution in [0.2, 0.25) is 0 Å². The smallest absolute Gasteiger partial charge is 0.403 e. The minimum atomic E-state index is -3.61. The summed E-state index contributed by atoms with van der Waals surface area (Å²) in [5.74, 6) is 0.562. The summed E-state index contributed by atoms with van der Waals surface area (Å²) in [7, 11) is -3.61. The molecule has 1 aliphatic rings. The summed E-state index contributed by atoms with van der Waals surface area (Å²) in [6, 6.07) is 14.1. The molecule has 0 saturated heterocycles. The van der Waals surface area contributed by atoms with Crippen molar-refractivity contribution in [3.63, 3.8) is 0 Å². The molecule has 0 unspecified atom stereocenters. The Kier molecular flexibility index (Phi) is 5.40. The maximum atomic E-state index is 12.8. The summed E-state index contributed by atoms with van der Waals surface area (Å²) < 4.78 is 29.2. The summed E-state index contributed by atoms with van der Waals surface area (Å²) in [6.07, 6.45) is 3.24. The van der Waals surface area contributed by atoms with Crippen LogP contribution in [0.1, 0.15) is 31.4 Å². The van der Waals surface area contributed by atoms with E-state index < -0.39 is 7.82 Å². The Morgan fingerprint density at radius 1 is 0.958 bits per heavy atom. The van der Waals surface area contributed by atoms with Crippen LogP contribution < -0.4 is 4.52 Å². The van der Waals surface area contributed by atoms with Crippen LogP contribution in [0.3, 0.4) is 0 Å².